The average Bonchev–Trinajstić information content (AvgIpc) is 3.05. The minimum atomic E-state index is -1.55. The van der Waals surface area contributed by atoms with Crippen molar-refractivity contribution in [1.82, 2.24) is 5.32 Å². The van der Waals surface area contributed by atoms with E-state index in [1.165, 1.54) is 30.3 Å². The van der Waals surface area contributed by atoms with E-state index in [0.29, 0.717) is 16.7 Å². The molecule has 2 aliphatic rings. The molecule has 1 spiro atoms. The van der Waals surface area contributed by atoms with Crippen LogP contribution in [0.15, 0.2) is 54.6 Å². The summed E-state index contributed by atoms with van der Waals surface area (Å²) in [5.74, 6) is 3.23. The van der Waals surface area contributed by atoms with Crippen LogP contribution in [0.4, 0.5) is 4.79 Å². The van der Waals surface area contributed by atoms with Crippen molar-refractivity contribution in [3.63, 3.8) is 0 Å². The number of aromatic hydroxyl groups is 2. The molecule has 0 radical (unpaired) electrons. The van der Waals surface area contributed by atoms with E-state index < -0.39 is 23.6 Å². The Morgan fingerprint density at radius 2 is 1.55 bits per heavy atom. The summed E-state index contributed by atoms with van der Waals surface area (Å²) in [5, 5.41) is 30.2. The molecule has 3 aromatic rings. The Balaban J connectivity index is 1.75. The number of hydrogen-bond donors (Lipinski definition) is 4. The van der Waals surface area contributed by atoms with Crippen molar-refractivity contribution in [1.29, 1.82) is 0 Å². The molecule has 162 valence electrons. The molecular formula is C24H13NO8. The highest BCUT2D eigenvalue weighted by Gasteiger charge is 2.54. The van der Waals surface area contributed by atoms with Gasteiger partial charge in [0.25, 0.3) is 0 Å². The number of carbonyl (C=O) groups excluding carboxylic acids is 2. The molecule has 0 bridgehead atoms. The van der Waals surface area contributed by atoms with Crippen LogP contribution in [-0.4, -0.2) is 33.3 Å². The number of ether oxygens (including phenoxy) is 2. The first-order valence-electron chi connectivity index (χ1n) is 9.57. The Hall–Kier alpha value is -4.97. The Morgan fingerprint density at radius 1 is 0.909 bits per heavy atom. The number of nitrogens with one attached hydrogen (secondary N) is 1. The smallest absolute Gasteiger partial charge is 0.412 e. The Bertz CT molecular complexity index is 1400. The fourth-order valence-corrected chi connectivity index (χ4v) is 4.10. The molecule has 9 heteroatoms. The third-order valence-corrected chi connectivity index (χ3v) is 5.33. The highest BCUT2D eigenvalue weighted by Crippen LogP contribution is 2.57. The summed E-state index contributed by atoms with van der Waals surface area (Å²) < 4.78 is 11.8. The Labute approximate surface area is 185 Å². The lowest BCUT2D eigenvalue weighted by Crippen LogP contribution is -2.32. The summed E-state index contributed by atoms with van der Waals surface area (Å²) in [6.45, 7) is 0. The van der Waals surface area contributed by atoms with Gasteiger partial charge in [0.2, 0.25) is 0 Å². The Kier molecular flexibility index (Phi) is 4.25. The first-order valence-corrected chi connectivity index (χ1v) is 9.57. The number of carbonyl (C=O) groups is 3. The summed E-state index contributed by atoms with van der Waals surface area (Å²) in [6, 6.07) is 13.5. The second-order valence-electron chi connectivity index (χ2n) is 7.27. The van der Waals surface area contributed by atoms with Crippen molar-refractivity contribution in [2.24, 2.45) is 0 Å². The second kappa shape index (κ2) is 7.03. The van der Waals surface area contributed by atoms with E-state index in [2.05, 4.69) is 11.8 Å². The quantitative estimate of drug-likeness (QED) is 0.307. The number of imide groups is 1. The monoisotopic (exact) mass is 443 g/mol. The number of hydrogen-bond acceptors (Lipinski definition) is 7. The Morgan fingerprint density at radius 3 is 2.15 bits per heavy atom. The molecule has 0 saturated heterocycles. The van der Waals surface area contributed by atoms with Crippen molar-refractivity contribution in [2.75, 3.05) is 0 Å². The number of benzene rings is 3. The van der Waals surface area contributed by atoms with Crippen molar-refractivity contribution < 1.29 is 39.2 Å². The summed E-state index contributed by atoms with van der Waals surface area (Å²) in [6.07, 6.45) is -1.55. The van der Waals surface area contributed by atoms with Gasteiger partial charge in [0.15, 0.2) is 5.60 Å². The fraction of sp³-hybridized carbons (Fsp3) is 0.0417. The molecule has 0 atom stereocenters. The molecule has 0 aromatic heterocycles. The zero-order chi connectivity index (χ0) is 23.3. The molecule has 0 unspecified atom stereocenters. The van der Waals surface area contributed by atoms with Crippen LogP contribution in [0.1, 0.15) is 32.6 Å². The maximum absolute atomic E-state index is 13.1. The third kappa shape index (κ3) is 3.01. The third-order valence-electron chi connectivity index (χ3n) is 5.33. The zero-order valence-electron chi connectivity index (χ0n) is 16.6. The number of carboxylic acid groups (broad SMARTS) is 1. The minimum Gasteiger partial charge on any atom is -0.508 e. The number of amides is 2. The molecular weight excluding hydrogens is 430 g/mol. The standard InChI is InChI=1S/C24H13NO8/c26-13-5-7-15-18(10-13)32-19-11-14(27)6-8-16(19)24(15)17-3-1-2-12(21(17)22(29)33-24)4-9-20(28)25-23(30)31/h1-3,5-8,10-11,26-27H,(H,25,28)(H,30,31). The van der Waals surface area contributed by atoms with Gasteiger partial charge in [-0.15, -0.1) is 0 Å². The van der Waals surface area contributed by atoms with Gasteiger partial charge in [-0.3, -0.25) is 10.1 Å². The molecule has 2 aliphatic heterocycles. The summed E-state index contributed by atoms with van der Waals surface area (Å²) >= 11 is 0. The van der Waals surface area contributed by atoms with Crippen LogP contribution in [0, 0.1) is 11.8 Å². The van der Waals surface area contributed by atoms with E-state index in [-0.39, 0.29) is 34.1 Å². The van der Waals surface area contributed by atoms with E-state index in [1.54, 1.807) is 29.6 Å². The molecule has 3 aromatic carbocycles. The summed E-state index contributed by atoms with van der Waals surface area (Å²) in [7, 11) is 0. The predicted octanol–water partition coefficient (Wildman–Crippen LogP) is 2.81. The van der Waals surface area contributed by atoms with Crippen LogP contribution in [-0.2, 0) is 15.1 Å². The normalized spacial score (nSPS) is 14.0. The van der Waals surface area contributed by atoms with E-state index in [4.69, 9.17) is 14.6 Å². The number of phenols is 2. The molecule has 0 aliphatic carbocycles. The second-order valence-corrected chi connectivity index (χ2v) is 7.27. The van der Waals surface area contributed by atoms with E-state index in [0.717, 1.165) is 0 Å². The van der Waals surface area contributed by atoms with Crippen molar-refractivity contribution >= 4 is 18.0 Å². The SMILES string of the molecule is O=C(O)NC(=O)C#Cc1cccc2c1C(=O)OC21c2ccc(O)cc2Oc2cc(O)ccc21. The van der Waals surface area contributed by atoms with Gasteiger partial charge in [0.1, 0.15) is 23.0 Å². The van der Waals surface area contributed by atoms with Crippen molar-refractivity contribution in [3.05, 3.63) is 82.4 Å². The maximum Gasteiger partial charge on any atom is 0.412 e. The van der Waals surface area contributed by atoms with Crippen LogP contribution >= 0.6 is 0 Å². The van der Waals surface area contributed by atoms with Crippen LogP contribution < -0.4 is 10.1 Å². The molecule has 0 fully saturated rings. The molecule has 2 heterocycles. The lowest BCUT2D eigenvalue weighted by molar-refractivity contribution is -0.114. The van der Waals surface area contributed by atoms with Gasteiger partial charge < -0.3 is 24.8 Å². The van der Waals surface area contributed by atoms with E-state index in [9.17, 15) is 24.6 Å². The van der Waals surface area contributed by atoms with Gasteiger partial charge in [-0.2, -0.15) is 0 Å². The van der Waals surface area contributed by atoms with Gasteiger partial charge in [0, 0.05) is 40.3 Å². The van der Waals surface area contributed by atoms with E-state index in [1.807, 2.05) is 0 Å². The van der Waals surface area contributed by atoms with Crippen molar-refractivity contribution in [2.45, 2.75) is 5.60 Å². The lowest BCUT2D eigenvalue weighted by Gasteiger charge is -2.36. The van der Waals surface area contributed by atoms with Crippen LogP contribution in [0.2, 0.25) is 0 Å². The molecule has 5 rings (SSSR count). The first kappa shape index (κ1) is 20.0. The van der Waals surface area contributed by atoms with Gasteiger partial charge in [-0.25, -0.2) is 9.59 Å². The van der Waals surface area contributed by atoms with Gasteiger partial charge in [-0.1, -0.05) is 18.1 Å². The predicted molar refractivity (Wildman–Crippen MR) is 111 cm³/mol. The minimum absolute atomic E-state index is 0.0684. The largest absolute Gasteiger partial charge is 0.508 e. The summed E-state index contributed by atoms with van der Waals surface area (Å²) in [4.78, 5) is 35.4. The molecule has 33 heavy (non-hydrogen) atoms. The zero-order valence-corrected chi connectivity index (χ0v) is 16.6. The van der Waals surface area contributed by atoms with Crippen LogP contribution in [0.25, 0.3) is 0 Å². The molecule has 9 nitrogen and oxygen atoms in total. The van der Waals surface area contributed by atoms with Crippen LogP contribution in [0.5, 0.6) is 23.0 Å². The molecule has 0 saturated carbocycles. The number of rotatable bonds is 0. The summed E-state index contributed by atoms with van der Waals surface area (Å²) in [5.41, 5.74) is 0.117. The molecule has 2 amide bonds. The van der Waals surface area contributed by atoms with Gasteiger partial charge in [-0.05, 0) is 30.3 Å². The number of phenolic OH excluding ortho intramolecular Hbond substituents is 2. The number of fused-ring (bicyclic) bond motifs is 6. The van der Waals surface area contributed by atoms with Gasteiger partial charge >= 0.3 is 18.0 Å². The fourth-order valence-electron chi connectivity index (χ4n) is 4.10. The van der Waals surface area contributed by atoms with Gasteiger partial charge in [0.05, 0.1) is 5.56 Å². The molecule has 4 N–H and O–H groups in total. The van der Waals surface area contributed by atoms with E-state index >= 15 is 0 Å². The average molecular weight is 443 g/mol. The highest BCUT2D eigenvalue weighted by molar-refractivity contribution is 6.04. The van der Waals surface area contributed by atoms with Crippen LogP contribution in [0.3, 0.4) is 0 Å². The maximum atomic E-state index is 13.1. The lowest BCUT2D eigenvalue weighted by atomic mass is 9.77. The topological polar surface area (TPSA) is 142 Å². The van der Waals surface area contributed by atoms with Crippen molar-refractivity contribution in [3.8, 4) is 34.8 Å². The number of esters is 1. The highest BCUT2D eigenvalue weighted by atomic mass is 16.6. The first-order chi connectivity index (χ1) is 15.8.